The lowest BCUT2D eigenvalue weighted by Crippen LogP contribution is -2.32. The molecule has 0 spiro atoms. The highest BCUT2D eigenvalue weighted by molar-refractivity contribution is 4.97. The van der Waals surface area contributed by atoms with Crippen LogP contribution in [0.3, 0.4) is 0 Å². The first-order valence-corrected chi connectivity index (χ1v) is 5.62. The van der Waals surface area contributed by atoms with Gasteiger partial charge in [-0.15, -0.1) is 0 Å². The third-order valence-corrected chi connectivity index (χ3v) is 3.29. The molecule has 1 aromatic rings. The number of nitrogens with one attached hydrogen (secondary N) is 1. The largest absolute Gasteiger partial charge is 0.347 e. The third kappa shape index (κ3) is 2.38. The van der Waals surface area contributed by atoms with Gasteiger partial charge in [0.25, 0.3) is 0 Å². The highest BCUT2D eigenvalue weighted by Gasteiger charge is 2.31. The summed E-state index contributed by atoms with van der Waals surface area (Å²) in [4.78, 5) is 9.56. The zero-order chi connectivity index (χ0) is 10.8. The standard InChI is InChI=1S/C11H20N4/c1-8(2)10-5-15(6-11(10)12)4-9-3-13-7-14-9/h3,7-8,10-11H,4-6,12H2,1-2H3,(H,13,14)/t10-,11+/m1/s1. The maximum atomic E-state index is 6.13. The number of hydrogen-bond donors (Lipinski definition) is 2. The molecule has 1 aliphatic rings. The molecule has 4 heteroatoms. The fourth-order valence-electron chi connectivity index (χ4n) is 2.39. The first-order valence-electron chi connectivity index (χ1n) is 5.62. The van der Waals surface area contributed by atoms with Crippen molar-refractivity contribution in [2.45, 2.75) is 26.4 Å². The van der Waals surface area contributed by atoms with Crippen LogP contribution in [0.5, 0.6) is 0 Å². The van der Waals surface area contributed by atoms with Crippen LogP contribution in [0.4, 0.5) is 0 Å². The third-order valence-electron chi connectivity index (χ3n) is 3.29. The number of likely N-dealkylation sites (tertiary alicyclic amines) is 1. The molecule has 2 atom stereocenters. The predicted molar refractivity (Wildman–Crippen MR) is 60.2 cm³/mol. The fourth-order valence-corrected chi connectivity index (χ4v) is 2.39. The molecule has 15 heavy (non-hydrogen) atoms. The Kier molecular flexibility index (Phi) is 3.07. The van der Waals surface area contributed by atoms with Crippen LogP contribution in [-0.4, -0.2) is 34.0 Å². The van der Waals surface area contributed by atoms with Crippen LogP contribution in [0.1, 0.15) is 19.5 Å². The van der Waals surface area contributed by atoms with Gasteiger partial charge in [0.05, 0.1) is 6.33 Å². The topological polar surface area (TPSA) is 57.9 Å². The second-order valence-corrected chi connectivity index (χ2v) is 4.84. The summed E-state index contributed by atoms with van der Waals surface area (Å²) in [5.74, 6) is 1.31. The van der Waals surface area contributed by atoms with E-state index in [0.29, 0.717) is 17.9 Å². The van der Waals surface area contributed by atoms with Gasteiger partial charge in [0.15, 0.2) is 0 Å². The van der Waals surface area contributed by atoms with Crippen LogP contribution >= 0.6 is 0 Å². The van der Waals surface area contributed by atoms with Crippen molar-refractivity contribution in [2.24, 2.45) is 17.6 Å². The number of aromatic nitrogens is 2. The molecule has 84 valence electrons. The van der Waals surface area contributed by atoms with E-state index in [1.165, 1.54) is 5.69 Å². The van der Waals surface area contributed by atoms with Gasteiger partial charge in [-0.25, -0.2) is 4.98 Å². The summed E-state index contributed by atoms with van der Waals surface area (Å²) in [5.41, 5.74) is 7.30. The summed E-state index contributed by atoms with van der Waals surface area (Å²) in [6, 6.07) is 0.327. The van der Waals surface area contributed by atoms with Gasteiger partial charge in [0.1, 0.15) is 0 Å². The number of nitrogens with two attached hydrogens (primary N) is 1. The Hall–Kier alpha value is -0.870. The number of aromatic amines is 1. The van der Waals surface area contributed by atoms with Gasteiger partial charge in [-0.1, -0.05) is 13.8 Å². The van der Waals surface area contributed by atoms with Crippen LogP contribution < -0.4 is 5.73 Å². The van der Waals surface area contributed by atoms with E-state index in [1.807, 2.05) is 6.20 Å². The van der Waals surface area contributed by atoms with Crippen molar-refractivity contribution < 1.29 is 0 Å². The van der Waals surface area contributed by atoms with E-state index < -0.39 is 0 Å². The minimum atomic E-state index is 0.327. The molecular formula is C11H20N4. The normalized spacial score (nSPS) is 27.7. The number of rotatable bonds is 3. The quantitative estimate of drug-likeness (QED) is 0.773. The molecule has 0 saturated carbocycles. The highest BCUT2D eigenvalue weighted by atomic mass is 15.2. The van der Waals surface area contributed by atoms with Gasteiger partial charge in [-0.05, 0) is 11.8 Å². The average molecular weight is 208 g/mol. The molecule has 0 bridgehead atoms. The molecule has 0 radical (unpaired) electrons. The zero-order valence-electron chi connectivity index (χ0n) is 9.48. The van der Waals surface area contributed by atoms with Gasteiger partial charge < -0.3 is 10.7 Å². The molecule has 3 N–H and O–H groups in total. The smallest absolute Gasteiger partial charge is 0.0922 e. The van der Waals surface area contributed by atoms with Crippen molar-refractivity contribution in [1.29, 1.82) is 0 Å². The number of imidazole rings is 1. The molecule has 2 heterocycles. The molecule has 4 nitrogen and oxygen atoms in total. The highest BCUT2D eigenvalue weighted by Crippen LogP contribution is 2.23. The van der Waals surface area contributed by atoms with Crippen molar-refractivity contribution in [2.75, 3.05) is 13.1 Å². The summed E-state index contributed by atoms with van der Waals surface area (Å²) < 4.78 is 0. The van der Waals surface area contributed by atoms with Crippen LogP contribution in [0, 0.1) is 11.8 Å². The van der Waals surface area contributed by atoms with Gasteiger partial charge in [-0.3, -0.25) is 4.90 Å². The molecule has 1 saturated heterocycles. The Morgan fingerprint density at radius 2 is 2.40 bits per heavy atom. The summed E-state index contributed by atoms with van der Waals surface area (Å²) >= 11 is 0. The lowest BCUT2D eigenvalue weighted by molar-refractivity contribution is 0.294. The maximum Gasteiger partial charge on any atom is 0.0922 e. The summed E-state index contributed by atoms with van der Waals surface area (Å²) in [6.07, 6.45) is 3.61. The summed E-state index contributed by atoms with van der Waals surface area (Å²) in [6.45, 7) is 7.56. The Bertz CT molecular complexity index is 294. The SMILES string of the molecule is CC(C)[C@H]1CN(Cc2cnc[nH]2)C[C@@H]1N. The second-order valence-electron chi connectivity index (χ2n) is 4.84. The van der Waals surface area contributed by atoms with Crippen LogP contribution in [0.25, 0.3) is 0 Å². The lowest BCUT2D eigenvalue weighted by atomic mass is 9.92. The molecule has 1 aromatic heterocycles. The van der Waals surface area contributed by atoms with E-state index in [2.05, 4.69) is 28.7 Å². The van der Waals surface area contributed by atoms with Crippen LogP contribution in [0.15, 0.2) is 12.5 Å². The Morgan fingerprint density at radius 1 is 1.60 bits per heavy atom. The summed E-state index contributed by atoms with van der Waals surface area (Å²) in [5, 5.41) is 0. The van der Waals surface area contributed by atoms with Gasteiger partial charge in [0, 0.05) is 37.6 Å². The zero-order valence-corrected chi connectivity index (χ0v) is 9.48. The molecule has 1 fully saturated rings. The first kappa shape index (κ1) is 10.6. The van der Waals surface area contributed by atoms with Crippen molar-refractivity contribution in [3.8, 4) is 0 Å². The first-order chi connectivity index (χ1) is 7.16. The molecule has 1 aliphatic heterocycles. The van der Waals surface area contributed by atoms with E-state index in [4.69, 9.17) is 5.73 Å². The summed E-state index contributed by atoms with van der Waals surface area (Å²) in [7, 11) is 0. The molecule has 0 aromatic carbocycles. The fraction of sp³-hybridized carbons (Fsp3) is 0.727. The van der Waals surface area contributed by atoms with Crippen molar-refractivity contribution in [1.82, 2.24) is 14.9 Å². The predicted octanol–water partition coefficient (Wildman–Crippen LogP) is 0.825. The number of H-pyrrole nitrogens is 1. The van der Waals surface area contributed by atoms with Gasteiger partial charge >= 0.3 is 0 Å². The van der Waals surface area contributed by atoms with E-state index in [-0.39, 0.29) is 0 Å². The minimum absolute atomic E-state index is 0.327. The van der Waals surface area contributed by atoms with E-state index >= 15 is 0 Å². The number of hydrogen-bond acceptors (Lipinski definition) is 3. The second kappa shape index (κ2) is 4.33. The molecular weight excluding hydrogens is 188 g/mol. The van der Waals surface area contributed by atoms with Crippen LogP contribution in [-0.2, 0) is 6.54 Å². The average Bonchev–Trinajstić information content (AvgIpc) is 2.75. The van der Waals surface area contributed by atoms with Crippen LogP contribution in [0.2, 0.25) is 0 Å². The van der Waals surface area contributed by atoms with Crippen molar-refractivity contribution in [3.63, 3.8) is 0 Å². The number of nitrogens with zero attached hydrogens (tertiary/aromatic N) is 2. The molecule has 0 unspecified atom stereocenters. The van der Waals surface area contributed by atoms with E-state index in [1.54, 1.807) is 6.33 Å². The maximum absolute atomic E-state index is 6.13. The lowest BCUT2D eigenvalue weighted by Gasteiger charge is -2.18. The van der Waals surface area contributed by atoms with Crippen molar-refractivity contribution >= 4 is 0 Å². The van der Waals surface area contributed by atoms with Gasteiger partial charge in [0.2, 0.25) is 0 Å². The Balaban J connectivity index is 1.92. The van der Waals surface area contributed by atoms with E-state index in [9.17, 15) is 0 Å². The van der Waals surface area contributed by atoms with Crippen molar-refractivity contribution in [3.05, 3.63) is 18.2 Å². The molecule has 0 amide bonds. The van der Waals surface area contributed by atoms with Gasteiger partial charge in [-0.2, -0.15) is 0 Å². The Labute approximate surface area is 90.9 Å². The Morgan fingerprint density at radius 3 is 2.93 bits per heavy atom. The monoisotopic (exact) mass is 208 g/mol. The molecule has 2 rings (SSSR count). The van der Waals surface area contributed by atoms with E-state index in [0.717, 1.165) is 19.6 Å². The molecule has 0 aliphatic carbocycles. The minimum Gasteiger partial charge on any atom is -0.347 e.